The Balaban J connectivity index is 1.59. The van der Waals surface area contributed by atoms with Gasteiger partial charge in [0.25, 0.3) is 5.56 Å². The summed E-state index contributed by atoms with van der Waals surface area (Å²) in [6.45, 7) is 5.41. The minimum atomic E-state index is -0.0450. The van der Waals surface area contributed by atoms with Crippen LogP contribution >= 0.6 is 0 Å². The Bertz CT molecular complexity index is 516. The van der Waals surface area contributed by atoms with Gasteiger partial charge < -0.3 is 15.0 Å². The van der Waals surface area contributed by atoms with E-state index in [0.29, 0.717) is 11.6 Å². The molecule has 2 aliphatic rings. The average molecular weight is 277 g/mol. The van der Waals surface area contributed by atoms with Gasteiger partial charge in [-0.05, 0) is 36.8 Å². The highest BCUT2D eigenvalue weighted by molar-refractivity contribution is 5.40. The van der Waals surface area contributed by atoms with E-state index in [9.17, 15) is 4.79 Å². The van der Waals surface area contributed by atoms with E-state index in [1.54, 1.807) is 4.57 Å². The zero-order valence-corrected chi connectivity index (χ0v) is 11.9. The van der Waals surface area contributed by atoms with Crippen LogP contribution in [-0.4, -0.2) is 42.3 Å². The van der Waals surface area contributed by atoms with Crippen LogP contribution in [0.4, 0.5) is 5.69 Å². The molecule has 1 aromatic heterocycles. The number of ether oxygens (including phenoxy) is 1. The molecule has 2 N–H and O–H groups in total. The maximum Gasteiger partial charge on any atom is 0.273 e. The molecule has 2 heterocycles. The van der Waals surface area contributed by atoms with Crippen molar-refractivity contribution in [3.8, 4) is 0 Å². The second kappa shape index (κ2) is 5.97. The topological polar surface area (TPSA) is 60.5 Å². The molecule has 1 aliphatic heterocycles. The van der Waals surface area contributed by atoms with Gasteiger partial charge in [-0.15, -0.1) is 0 Å². The minimum Gasteiger partial charge on any atom is -0.394 e. The zero-order valence-electron chi connectivity index (χ0n) is 11.9. The lowest BCUT2D eigenvalue weighted by atomic mass is 10.2. The highest BCUT2D eigenvalue weighted by Gasteiger charge is 2.24. The van der Waals surface area contributed by atoms with E-state index in [4.69, 9.17) is 10.5 Å². The van der Waals surface area contributed by atoms with Gasteiger partial charge in [-0.1, -0.05) is 0 Å². The highest BCUT2D eigenvalue weighted by atomic mass is 16.5. The van der Waals surface area contributed by atoms with Gasteiger partial charge in [0, 0.05) is 32.4 Å². The van der Waals surface area contributed by atoms with Crippen molar-refractivity contribution in [1.82, 2.24) is 9.47 Å². The number of aromatic nitrogens is 1. The fraction of sp³-hybridized carbons (Fsp3) is 0.667. The van der Waals surface area contributed by atoms with Crippen molar-refractivity contribution in [2.45, 2.75) is 31.7 Å². The quantitative estimate of drug-likeness (QED) is 0.873. The zero-order chi connectivity index (χ0) is 13.9. The third-order valence-corrected chi connectivity index (χ3v) is 4.16. The molecular weight excluding hydrogens is 254 g/mol. The van der Waals surface area contributed by atoms with Gasteiger partial charge in [0.2, 0.25) is 0 Å². The first-order chi connectivity index (χ1) is 9.74. The summed E-state index contributed by atoms with van der Waals surface area (Å²) in [5.41, 5.74) is 7.42. The number of nitrogens with two attached hydrogens (primary N) is 1. The maximum absolute atomic E-state index is 12.1. The molecule has 5 heteroatoms. The second-order valence-electron chi connectivity index (χ2n) is 5.81. The molecule has 0 radical (unpaired) electrons. The Morgan fingerprint density at radius 1 is 1.25 bits per heavy atom. The number of rotatable bonds is 5. The average Bonchev–Trinajstić information content (AvgIpc) is 3.29. The van der Waals surface area contributed by atoms with Crippen molar-refractivity contribution in [2.24, 2.45) is 0 Å². The van der Waals surface area contributed by atoms with Crippen LogP contribution in [0.5, 0.6) is 0 Å². The number of nitrogens with zero attached hydrogens (tertiary/aromatic N) is 2. The van der Waals surface area contributed by atoms with E-state index < -0.39 is 0 Å². The molecule has 20 heavy (non-hydrogen) atoms. The molecule has 0 bridgehead atoms. The lowest BCUT2D eigenvalue weighted by molar-refractivity contribution is 0.0369. The van der Waals surface area contributed by atoms with Crippen LogP contribution in [0, 0.1) is 0 Å². The van der Waals surface area contributed by atoms with Crippen molar-refractivity contribution in [3.63, 3.8) is 0 Å². The molecule has 0 unspecified atom stereocenters. The normalized spacial score (nSPS) is 20.2. The molecule has 1 saturated carbocycles. The molecule has 0 amide bonds. The van der Waals surface area contributed by atoms with Gasteiger partial charge >= 0.3 is 0 Å². The van der Waals surface area contributed by atoms with Gasteiger partial charge in [-0.2, -0.15) is 0 Å². The molecule has 110 valence electrons. The molecule has 3 rings (SSSR count). The monoisotopic (exact) mass is 277 g/mol. The van der Waals surface area contributed by atoms with Gasteiger partial charge in [-0.3, -0.25) is 9.69 Å². The van der Waals surface area contributed by atoms with Gasteiger partial charge in [0.15, 0.2) is 0 Å². The first-order valence-corrected chi connectivity index (χ1v) is 7.54. The summed E-state index contributed by atoms with van der Waals surface area (Å²) in [7, 11) is 0. The first-order valence-electron chi connectivity index (χ1n) is 7.54. The number of hydrogen-bond donors (Lipinski definition) is 1. The summed E-state index contributed by atoms with van der Waals surface area (Å²) in [6.07, 6.45) is 5.44. The maximum atomic E-state index is 12.1. The third-order valence-electron chi connectivity index (χ3n) is 4.16. The number of hydrogen-bond acceptors (Lipinski definition) is 4. The molecule has 1 aromatic rings. The predicted octanol–water partition coefficient (Wildman–Crippen LogP) is 1.03. The van der Waals surface area contributed by atoms with Gasteiger partial charge in [-0.25, -0.2) is 0 Å². The third kappa shape index (κ3) is 3.22. The number of nitrogen functional groups attached to an aromatic ring is 1. The largest absolute Gasteiger partial charge is 0.394 e. The summed E-state index contributed by atoms with van der Waals surface area (Å²) in [5.74, 6) is 0.628. The van der Waals surface area contributed by atoms with Crippen LogP contribution in [0.1, 0.15) is 30.7 Å². The van der Waals surface area contributed by atoms with E-state index in [2.05, 4.69) is 4.90 Å². The minimum absolute atomic E-state index is 0.0450. The van der Waals surface area contributed by atoms with Crippen LogP contribution in [-0.2, 0) is 11.3 Å². The summed E-state index contributed by atoms with van der Waals surface area (Å²) in [5, 5.41) is 0. The molecule has 0 atom stereocenters. The Hall–Kier alpha value is -1.33. The van der Waals surface area contributed by atoms with Crippen molar-refractivity contribution in [3.05, 3.63) is 28.2 Å². The number of aryl methyl sites for hydroxylation is 1. The Morgan fingerprint density at radius 3 is 2.70 bits per heavy atom. The van der Waals surface area contributed by atoms with Crippen molar-refractivity contribution >= 4 is 5.69 Å². The molecule has 2 fully saturated rings. The van der Waals surface area contributed by atoms with Crippen LogP contribution in [0.15, 0.2) is 17.1 Å². The van der Waals surface area contributed by atoms with Crippen LogP contribution in [0.3, 0.4) is 0 Å². The Morgan fingerprint density at radius 2 is 2.00 bits per heavy atom. The smallest absolute Gasteiger partial charge is 0.273 e. The molecular formula is C15H23N3O2. The first kappa shape index (κ1) is 13.6. The van der Waals surface area contributed by atoms with E-state index in [0.717, 1.165) is 45.8 Å². The molecule has 1 aliphatic carbocycles. The Kier molecular flexibility index (Phi) is 4.08. The van der Waals surface area contributed by atoms with Crippen molar-refractivity contribution < 1.29 is 4.74 Å². The van der Waals surface area contributed by atoms with Crippen LogP contribution < -0.4 is 11.3 Å². The molecule has 1 saturated heterocycles. The summed E-state index contributed by atoms with van der Waals surface area (Å²) >= 11 is 0. The second-order valence-corrected chi connectivity index (χ2v) is 5.81. The van der Waals surface area contributed by atoms with Crippen LogP contribution in [0.25, 0.3) is 0 Å². The summed E-state index contributed by atoms with van der Waals surface area (Å²) < 4.78 is 7.13. The lowest BCUT2D eigenvalue weighted by Gasteiger charge is -2.26. The lowest BCUT2D eigenvalue weighted by Crippen LogP contribution is -2.37. The van der Waals surface area contributed by atoms with Gasteiger partial charge in [0.1, 0.15) is 0 Å². The van der Waals surface area contributed by atoms with Crippen LogP contribution in [0.2, 0.25) is 0 Å². The van der Waals surface area contributed by atoms with E-state index in [1.807, 2.05) is 12.3 Å². The van der Waals surface area contributed by atoms with E-state index in [-0.39, 0.29) is 5.56 Å². The fourth-order valence-corrected chi connectivity index (χ4v) is 2.78. The Labute approximate surface area is 119 Å². The summed E-state index contributed by atoms with van der Waals surface area (Å²) in [4.78, 5) is 14.4. The van der Waals surface area contributed by atoms with E-state index in [1.165, 1.54) is 18.4 Å². The molecule has 0 aromatic carbocycles. The van der Waals surface area contributed by atoms with E-state index >= 15 is 0 Å². The number of morpholine rings is 1. The molecule has 0 spiro atoms. The van der Waals surface area contributed by atoms with Crippen molar-refractivity contribution in [1.29, 1.82) is 0 Å². The standard InChI is InChI=1S/C15H23N3O2/c16-14-10-13(12-2-3-12)11-18(15(14)19)5-1-4-17-6-8-20-9-7-17/h10-12H,1-9,16H2. The van der Waals surface area contributed by atoms with Gasteiger partial charge in [0.05, 0.1) is 18.9 Å². The fourth-order valence-electron chi connectivity index (χ4n) is 2.78. The predicted molar refractivity (Wildman–Crippen MR) is 79.0 cm³/mol. The van der Waals surface area contributed by atoms with Crippen molar-refractivity contribution in [2.75, 3.05) is 38.6 Å². The number of anilines is 1. The SMILES string of the molecule is Nc1cc(C2CC2)cn(CCCN2CCOCC2)c1=O. The highest BCUT2D eigenvalue weighted by Crippen LogP contribution is 2.39. The molecule has 5 nitrogen and oxygen atoms in total. The number of pyridine rings is 1. The summed E-state index contributed by atoms with van der Waals surface area (Å²) in [6, 6.07) is 1.86.